The molecule has 1 aliphatic carbocycles. The molecule has 3 rings (SSSR count). The van der Waals surface area contributed by atoms with Crippen molar-refractivity contribution in [2.45, 2.75) is 57.1 Å². The third-order valence-electron chi connectivity index (χ3n) is 4.76. The van der Waals surface area contributed by atoms with Crippen LogP contribution in [0, 0.1) is 0 Å². The molecule has 1 saturated carbocycles. The summed E-state index contributed by atoms with van der Waals surface area (Å²) in [5.74, 6) is 1.02. The minimum atomic E-state index is -0.231. The summed E-state index contributed by atoms with van der Waals surface area (Å²) in [6.45, 7) is 8.42. The van der Waals surface area contributed by atoms with Gasteiger partial charge in [-0.3, -0.25) is 0 Å². The SMILES string of the molecule is CC1(C)OB(C2CC2c2ccc(Cl)cc2)OC1(C)C. The van der Waals surface area contributed by atoms with Gasteiger partial charge in [0.15, 0.2) is 0 Å². The van der Waals surface area contributed by atoms with E-state index in [1.54, 1.807) is 0 Å². The van der Waals surface area contributed by atoms with E-state index in [-0.39, 0.29) is 18.3 Å². The molecule has 0 amide bonds. The van der Waals surface area contributed by atoms with Crippen LogP contribution in [-0.4, -0.2) is 18.3 Å². The van der Waals surface area contributed by atoms with Crippen LogP contribution in [0.4, 0.5) is 0 Å². The normalized spacial score (nSPS) is 31.5. The van der Waals surface area contributed by atoms with E-state index < -0.39 is 0 Å². The summed E-state index contributed by atoms with van der Waals surface area (Å²) >= 11 is 5.93. The first-order chi connectivity index (χ1) is 8.80. The average Bonchev–Trinajstić information content (AvgIpc) is 3.04. The number of hydrogen-bond acceptors (Lipinski definition) is 2. The van der Waals surface area contributed by atoms with Crippen LogP contribution in [0.25, 0.3) is 0 Å². The average molecular weight is 279 g/mol. The Balaban J connectivity index is 1.70. The van der Waals surface area contributed by atoms with Gasteiger partial charge in [-0.25, -0.2) is 0 Å². The monoisotopic (exact) mass is 278 g/mol. The van der Waals surface area contributed by atoms with Gasteiger partial charge in [0.1, 0.15) is 0 Å². The molecule has 1 aromatic carbocycles. The van der Waals surface area contributed by atoms with E-state index in [1.165, 1.54) is 5.56 Å². The Hall–Kier alpha value is -0.505. The molecule has 2 atom stereocenters. The predicted octanol–water partition coefficient (Wildman–Crippen LogP) is 4.29. The molecule has 2 aliphatic rings. The third kappa shape index (κ3) is 2.33. The summed E-state index contributed by atoms with van der Waals surface area (Å²) in [5, 5.41) is 0.789. The van der Waals surface area contributed by atoms with Gasteiger partial charge in [-0.15, -0.1) is 0 Å². The van der Waals surface area contributed by atoms with Gasteiger partial charge < -0.3 is 9.31 Å². The molecule has 1 heterocycles. The van der Waals surface area contributed by atoms with Gasteiger partial charge in [0, 0.05) is 10.8 Å². The molecule has 0 spiro atoms. The number of rotatable bonds is 2. The minimum absolute atomic E-state index is 0.0781. The molecule has 2 nitrogen and oxygen atoms in total. The molecule has 4 heteroatoms. The van der Waals surface area contributed by atoms with Crippen LogP contribution in [0.15, 0.2) is 24.3 Å². The van der Waals surface area contributed by atoms with Crippen molar-refractivity contribution in [1.82, 2.24) is 0 Å². The van der Waals surface area contributed by atoms with Crippen molar-refractivity contribution in [2.75, 3.05) is 0 Å². The second-order valence-electron chi connectivity index (χ2n) is 6.68. The van der Waals surface area contributed by atoms with Crippen LogP contribution in [0.2, 0.25) is 10.8 Å². The van der Waals surface area contributed by atoms with Gasteiger partial charge in [-0.05, 0) is 57.7 Å². The van der Waals surface area contributed by atoms with E-state index >= 15 is 0 Å². The fourth-order valence-corrected chi connectivity index (χ4v) is 2.80. The Bertz CT molecular complexity index is 467. The van der Waals surface area contributed by atoms with Gasteiger partial charge in [0.25, 0.3) is 0 Å². The maximum atomic E-state index is 6.12. The molecule has 19 heavy (non-hydrogen) atoms. The van der Waals surface area contributed by atoms with Crippen molar-refractivity contribution < 1.29 is 9.31 Å². The van der Waals surface area contributed by atoms with Gasteiger partial charge >= 0.3 is 7.12 Å². The Morgan fingerprint density at radius 1 is 1.05 bits per heavy atom. The van der Waals surface area contributed by atoms with Crippen LogP contribution < -0.4 is 0 Å². The zero-order valence-corrected chi connectivity index (χ0v) is 12.7. The Morgan fingerprint density at radius 3 is 2.11 bits per heavy atom. The summed E-state index contributed by atoms with van der Waals surface area (Å²) < 4.78 is 12.2. The van der Waals surface area contributed by atoms with E-state index in [9.17, 15) is 0 Å². The highest BCUT2D eigenvalue weighted by atomic mass is 35.5. The number of hydrogen-bond donors (Lipinski definition) is 0. The highest BCUT2D eigenvalue weighted by Gasteiger charge is 2.59. The largest absolute Gasteiger partial charge is 0.461 e. The second kappa shape index (κ2) is 4.24. The van der Waals surface area contributed by atoms with Gasteiger partial charge in [-0.1, -0.05) is 23.7 Å². The first kappa shape index (κ1) is 13.5. The van der Waals surface area contributed by atoms with E-state index in [0.29, 0.717) is 11.7 Å². The third-order valence-corrected chi connectivity index (χ3v) is 5.01. The molecule has 2 fully saturated rings. The Labute approximate surface area is 120 Å². The van der Waals surface area contributed by atoms with Crippen LogP contribution in [0.3, 0.4) is 0 Å². The number of halogens is 1. The molecule has 1 aromatic rings. The molecule has 1 saturated heterocycles. The van der Waals surface area contributed by atoms with Gasteiger partial charge in [-0.2, -0.15) is 0 Å². The minimum Gasteiger partial charge on any atom is -0.403 e. The van der Waals surface area contributed by atoms with E-state index in [0.717, 1.165) is 11.4 Å². The standard InChI is InChI=1S/C15H20BClO2/c1-14(2)15(3,4)19-16(18-14)13-9-12(13)10-5-7-11(17)8-6-10/h5-8,12-13H,9H2,1-4H3. The van der Waals surface area contributed by atoms with Crippen LogP contribution in [0.1, 0.15) is 45.6 Å². The fraction of sp³-hybridized carbons (Fsp3) is 0.600. The molecule has 102 valence electrons. The zero-order chi connectivity index (χ0) is 13.8. The van der Waals surface area contributed by atoms with Crippen LogP contribution >= 0.6 is 11.6 Å². The van der Waals surface area contributed by atoms with Crippen molar-refractivity contribution in [3.05, 3.63) is 34.9 Å². The van der Waals surface area contributed by atoms with E-state index in [4.69, 9.17) is 20.9 Å². The lowest BCUT2D eigenvalue weighted by molar-refractivity contribution is 0.00578. The maximum Gasteiger partial charge on any atom is 0.461 e. The van der Waals surface area contributed by atoms with Crippen LogP contribution in [-0.2, 0) is 9.31 Å². The smallest absolute Gasteiger partial charge is 0.403 e. The molecule has 1 aliphatic heterocycles. The van der Waals surface area contributed by atoms with Crippen molar-refractivity contribution in [3.8, 4) is 0 Å². The molecule has 0 N–H and O–H groups in total. The molecule has 0 aromatic heterocycles. The van der Waals surface area contributed by atoms with E-state index in [2.05, 4.69) is 39.8 Å². The van der Waals surface area contributed by atoms with Crippen molar-refractivity contribution in [2.24, 2.45) is 0 Å². The second-order valence-corrected chi connectivity index (χ2v) is 7.12. The van der Waals surface area contributed by atoms with Crippen molar-refractivity contribution in [1.29, 1.82) is 0 Å². The number of benzene rings is 1. The maximum absolute atomic E-state index is 6.12. The highest BCUT2D eigenvalue weighted by molar-refractivity contribution is 6.49. The first-order valence-electron chi connectivity index (χ1n) is 6.91. The van der Waals surface area contributed by atoms with Crippen molar-refractivity contribution in [3.63, 3.8) is 0 Å². The van der Waals surface area contributed by atoms with E-state index in [1.807, 2.05) is 12.1 Å². The lowest BCUT2D eigenvalue weighted by atomic mass is 9.79. The quantitative estimate of drug-likeness (QED) is 0.751. The summed E-state index contributed by atoms with van der Waals surface area (Å²) in [7, 11) is -0.0781. The Kier molecular flexibility index (Phi) is 3.01. The lowest BCUT2D eigenvalue weighted by Crippen LogP contribution is -2.41. The highest BCUT2D eigenvalue weighted by Crippen LogP contribution is 2.58. The zero-order valence-electron chi connectivity index (χ0n) is 11.9. The molecule has 0 radical (unpaired) electrons. The summed E-state index contributed by atoms with van der Waals surface area (Å²) in [6.07, 6.45) is 1.14. The molecular formula is C15H20BClO2. The topological polar surface area (TPSA) is 18.5 Å². The lowest BCUT2D eigenvalue weighted by Gasteiger charge is -2.32. The molecule has 2 unspecified atom stereocenters. The predicted molar refractivity (Wildman–Crippen MR) is 78.6 cm³/mol. The van der Waals surface area contributed by atoms with Crippen molar-refractivity contribution >= 4 is 18.7 Å². The summed E-state index contributed by atoms with van der Waals surface area (Å²) in [5.41, 5.74) is 0.874. The summed E-state index contributed by atoms with van der Waals surface area (Å²) in [4.78, 5) is 0. The molecule has 0 bridgehead atoms. The Morgan fingerprint density at radius 2 is 1.58 bits per heavy atom. The fourth-order valence-electron chi connectivity index (χ4n) is 2.67. The first-order valence-corrected chi connectivity index (χ1v) is 7.29. The van der Waals surface area contributed by atoms with Crippen LogP contribution in [0.5, 0.6) is 0 Å². The van der Waals surface area contributed by atoms with Gasteiger partial charge in [0.05, 0.1) is 11.2 Å². The summed E-state index contributed by atoms with van der Waals surface area (Å²) in [6, 6.07) is 8.13. The molecular weight excluding hydrogens is 258 g/mol. The van der Waals surface area contributed by atoms with Gasteiger partial charge in [0.2, 0.25) is 0 Å².